The first kappa shape index (κ1) is 7.92. The van der Waals surface area contributed by atoms with Crippen molar-refractivity contribution >= 4 is 10.5 Å². The summed E-state index contributed by atoms with van der Waals surface area (Å²) in [5.41, 5.74) is 1.14. The Morgan fingerprint density at radius 3 is 2.38 bits per heavy atom. The molecule has 0 rings (SSSR count). The van der Waals surface area contributed by atoms with E-state index in [1.54, 1.807) is 0 Å². The van der Waals surface area contributed by atoms with Gasteiger partial charge in [0.2, 0.25) is 0 Å². The Hall–Kier alpha value is -0.0831. The van der Waals surface area contributed by atoms with Gasteiger partial charge in [0.05, 0.1) is 6.10 Å². The quantitative estimate of drug-likeness (QED) is 0.402. The van der Waals surface area contributed by atoms with Gasteiger partial charge in [0.15, 0.2) is 0 Å². The van der Waals surface area contributed by atoms with Gasteiger partial charge in [-0.1, -0.05) is 19.1 Å². The fourth-order valence-corrected chi connectivity index (χ4v) is 1.45. The highest BCUT2D eigenvalue weighted by molar-refractivity contribution is 5.98. The van der Waals surface area contributed by atoms with E-state index >= 15 is 0 Å². The first-order valence-corrected chi connectivity index (χ1v) is 3.72. The van der Waals surface area contributed by atoms with E-state index in [4.69, 9.17) is 4.43 Å². The van der Waals surface area contributed by atoms with E-state index in [0.717, 1.165) is 22.5 Å². The summed E-state index contributed by atoms with van der Waals surface area (Å²) in [5, 5.41) is 0. The van der Waals surface area contributed by atoms with E-state index in [-0.39, 0.29) is 0 Å². The van der Waals surface area contributed by atoms with Gasteiger partial charge in [0.1, 0.15) is 10.5 Å². The lowest BCUT2D eigenvalue weighted by atomic mass is 10.1. The SMILES string of the molecule is C=C(C)C(CC)O[SiH3]. The van der Waals surface area contributed by atoms with Crippen molar-refractivity contribution in [2.75, 3.05) is 0 Å². The van der Waals surface area contributed by atoms with E-state index in [0.29, 0.717) is 6.10 Å². The molecule has 1 unspecified atom stereocenters. The predicted octanol–water partition coefficient (Wildman–Crippen LogP) is 0.638. The zero-order valence-electron chi connectivity index (χ0n) is 5.90. The third kappa shape index (κ3) is 2.28. The maximum atomic E-state index is 5.20. The van der Waals surface area contributed by atoms with Gasteiger partial charge in [-0.3, -0.25) is 0 Å². The molecule has 0 aromatic carbocycles. The molecular formula is C6H14OSi. The third-order valence-electron chi connectivity index (χ3n) is 1.20. The van der Waals surface area contributed by atoms with Crippen LogP contribution in [0.2, 0.25) is 0 Å². The summed E-state index contributed by atoms with van der Waals surface area (Å²) < 4.78 is 5.20. The summed E-state index contributed by atoms with van der Waals surface area (Å²) in [6.45, 7) is 7.91. The molecule has 0 fully saturated rings. The minimum atomic E-state index is 0.321. The van der Waals surface area contributed by atoms with Crippen LogP contribution in [-0.2, 0) is 4.43 Å². The van der Waals surface area contributed by atoms with Crippen molar-refractivity contribution in [1.82, 2.24) is 0 Å². The van der Waals surface area contributed by atoms with Gasteiger partial charge in [-0.2, -0.15) is 0 Å². The molecule has 0 heterocycles. The molecule has 1 nitrogen and oxygen atoms in total. The first-order valence-electron chi connectivity index (χ1n) is 2.90. The molecule has 48 valence electrons. The summed E-state index contributed by atoms with van der Waals surface area (Å²) in [6.07, 6.45) is 1.38. The summed E-state index contributed by atoms with van der Waals surface area (Å²) >= 11 is 0. The lowest BCUT2D eigenvalue weighted by Crippen LogP contribution is -2.09. The van der Waals surface area contributed by atoms with Crippen LogP contribution >= 0.6 is 0 Å². The lowest BCUT2D eigenvalue weighted by Gasteiger charge is -2.11. The van der Waals surface area contributed by atoms with Crippen LogP contribution < -0.4 is 0 Å². The second-order valence-corrected chi connectivity index (χ2v) is 2.45. The molecule has 0 saturated carbocycles. The Balaban J connectivity index is 3.52. The number of rotatable bonds is 3. The Morgan fingerprint density at radius 2 is 2.38 bits per heavy atom. The number of hydrogen-bond donors (Lipinski definition) is 0. The van der Waals surface area contributed by atoms with Crippen LogP contribution in [0, 0.1) is 0 Å². The smallest absolute Gasteiger partial charge is 0.146 e. The van der Waals surface area contributed by atoms with E-state index in [1.807, 2.05) is 6.92 Å². The fourth-order valence-electron chi connectivity index (χ4n) is 0.716. The second-order valence-electron chi connectivity index (χ2n) is 1.98. The van der Waals surface area contributed by atoms with Crippen LogP contribution in [0.5, 0.6) is 0 Å². The van der Waals surface area contributed by atoms with Crippen molar-refractivity contribution < 1.29 is 4.43 Å². The second kappa shape index (κ2) is 3.86. The minimum Gasteiger partial charge on any atom is -0.421 e. The normalized spacial score (nSPS) is 13.8. The molecule has 0 aromatic heterocycles. The standard InChI is InChI=1S/C6H14OSi/c1-4-6(7-8)5(2)3/h6H,2,4H2,1,3,8H3. The van der Waals surface area contributed by atoms with Gasteiger partial charge in [-0.15, -0.1) is 0 Å². The molecule has 0 aliphatic carbocycles. The van der Waals surface area contributed by atoms with Crippen molar-refractivity contribution in [3.63, 3.8) is 0 Å². The number of hydrogen-bond acceptors (Lipinski definition) is 1. The van der Waals surface area contributed by atoms with Crippen molar-refractivity contribution in [2.45, 2.75) is 26.4 Å². The van der Waals surface area contributed by atoms with Crippen molar-refractivity contribution in [1.29, 1.82) is 0 Å². The monoisotopic (exact) mass is 130 g/mol. The molecule has 0 spiro atoms. The molecule has 0 bridgehead atoms. The van der Waals surface area contributed by atoms with E-state index in [9.17, 15) is 0 Å². The maximum Gasteiger partial charge on any atom is 0.146 e. The van der Waals surface area contributed by atoms with Crippen LogP contribution in [-0.4, -0.2) is 16.6 Å². The summed E-state index contributed by atoms with van der Waals surface area (Å²) in [6, 6.07) is 0. The molecular weight excluding hydrogens is 116 g/mol. The molecule has 0 amide bonds. The largest absolute Gasteiger partial charge is 0.421 e. The predicted molar refractivity (Wildman–Crippen MR) is 39.9 cm³/mol. The Morgan fingerprint density at radius 1 is 1.88 bits per heavy atom. The van der Waals surface area contributed by atoms with Gasteiger partial charge < -0.3 is 4.43 Å². The Bertz CT molecular complexity index is 76.6. The van der Waals surface area contributed by atoms with E-state index in [1.165, 1.54) is 0 Å². The zero-order valence-corrected chi connectivity index (χ0v) is 7.90. The van der Waals surface area contributed by atoms with Gasteiger partial charge in [0, 0.05) is 0 Å². The maximum absolute atomic E-state index is 5.20. The molecule has 8 heavy (non-hydrogen) atoms. The molecule has 0 N–H and O–H groups in total. The Kier molecular flexibility index (Phi) is 3.82. The average molecular weight is 130 g/mol. The summed E-state index contributed by atoms with van der Waals surface area (Å²) in [4.78, 5) is 0. The van der Waals surface area contributed by atoms with E-state index < -0.39 is 0 Å². The molecule has 0 aliphatic rings. The van der Waals surface area contributed by atoms with Gasteiger partial charge >= 0.3 is 0 Å². The zero-order chi connectivity index (χ0) is 6.57. The lowest BCUT2D eigenvalue weighted by molar-refractivity contribution is 0.256. The van der Waals surface area contributed by atoms with Crippen LogP contribution in [0.15, 0.2) is 12.2 Å². The van der Waals surface area contributed by atoms with Gasteiger partial charge in [0.25, 0.3) is 0 Å². The topological polar surface area (TPSA) is 9.23 Å². The highest BCUT2D eigenvalue weighted by Gasteiger charge is 2.00. The van der Waals surface area contributed by atoms with Gasteiger partial charge in [-0.05, 0) is 13.3 Å². The molecule has 0 saturated heterocycles. The van der Waals surface area contributed by atoms with Crippen molar-refractivity contribution in [2.24, 2.45) is 0 Å². The molecule has 0 aromatic rings. The summed E-state index contributed by atoms with van der Waals surface area (Å²) in [7, 11) is 0.819. The van der Waals surface area contributed by atoms with Crippen LogP contribution in [0.1, 0.15) is 20.3 Å². The van der Waals surface area contributed by atoms with E-state index in [2.05, 4.69) is 13.5 Å². The van der Waals surface area contributed by atoms with Crippen LogP contribution in [0.25, 0.3) is 0 Å². The highest BCUT2D eigenvalue weighted by atomic mass is 28.2. The molecule has 2 heteroatoms. The van der Waals surface area contributed by atoms with Crippen molar-refractivity contribution in [3.05, 3.63) is 12.2 Å². The van der Waals surface area contributed by atoms with Crippen LogP contribution in [0.3, 0.4) is 0 Å². The molecule has 1 atom stereocenters. The Labute approximate surface area is 54.3 Å². The molecule has 0 radical (unpaired) electrons. The third-order valence-corrected chi connectivity index (χ3v) is 1.77. The van der Waals surface area contributed by atoms with Gasteiger partial charge in [-0.25, -0.2) is 0 Å². The summed E-state index contributed by atoms with van der Waals surface area (Å²) in [5.74, 6) is 0. The van der Waals surface area contributed by atoms with Crippen molar-refractivity contribution in [3.8, 4) is 0 Å². The highest BCUT2D eigenvalue weighted by Crippen LogP contribution is 2.04. The molecule has 0 aliphatic heterocycles. The first-order chi connectivity index (χ1) is 3.72. The minimum absolute atomic E-state index is 0.321. The fraction of sp³-hybridized carbons (Fsp3) is 0.667. The average Bonchev–Trinajstić information content (AvgIpc) is 1.69. The van der Waals surface area contributed by atoms with Crippen LogP contribution in [0.4, 0.5) is 0 Å².